The first-order valence-corrected chi connectivity index (χ1v) is 11.2. The van der Waals surface area contributed by atoms with Crippen LogP contribution in [0.3, 0.4) is 0 Å². The molecular formula is C25H30N4O3. The monoisotopic (exact) mass is 434 g/mol. The topological polar surface area (TPSA) is 73.9 Å². The van der Waals surface area contributed by atoms with Gasteiger partial charge in [-0.05, 0) is 18.1 Å². The minimum absolute atomic E-state index is 0.281. The van der Waals surface area contributed by atoms with Crippen LogP contribution in [0.15, 0.2) is 71.9 Å². The van der Waals surface area contributed by atoms with E-state index in [-0.39, 0.29) is 12.6 Å². The SMILES string of the molecule is CCOC(=O)C1=C(CN2CCN(Cc3ccccc3)CC2)NC(=O)N[C@@H]1c1ccccc1. The Balaban J connectivity index is 1.49. The van der Waals surface area contributed by atoms with E-state index in [4.69, 9.17) is 4.74 Å². The van der Waals surface area contributed by atoms with Gasteiger partial charge in [0.2, 0.25) is 0 Å². The number of hydrogen-bond donors (Lipinski definition) is 2. The zero-order valence-corrected chi connectivity index (χ0v) is 18.4. The maximum atomic E-state index is 12.9. The lowest BCUT2D eigenvalue weighted by molar-refractivity contribution is -0.139. The molecule has 2 amide bonds. The predicted octanol–water partition coefficient (Wildman–Crippen LogP) is 2.68. The van der Waals surface area contributed by atoms with Crippen molar-refractivity contribution < 1.29 is 14.3 Å². The Hall–Kier alpha value is -3.16. The van der Waals surface area contributed by atoms with Crippen LogP contribution in [0, 0.1) is 0 Å². The second-order valence-electron chi connectivity index (χ2n) is 8.09. The highest BCUT2D eigenvalue weighted by molar-refractivity contribution is 5.95. The zero-order chi connectivity index (χ0) is 22.3. The first-order chi connectivity index (χ1) is 15.6. The van der Waals surface area contributed by atoms with Gasteiger partial charge in [-0.2, -0.15) is 0 Å². The summed E-state index contributed by atoms with van der Waals surface area (Å²) in [5.41, 5.74) is 3.27. The van der Waals surface area contributed by atoms with Gasteiger partial charge < -0.3 is 15.4 Å². The molecule has 0 radical (unpaired) electrons. The number of carbonyl (C=O) groups is 2. The number of piperazine rings is 1. The van der Waals surface area contributed by atoms with Gasteiger partial charge in [-0.25, -0.2) is 9.59 Å². The van der Waals surface area contributed by atoms with Gasteiger partial charge >= 0.3 is 12.0 Å². The maximum absolute atomic E-state index is 12.9. The summed E-state index contributed by atoms with van der Waals surface area (Å²) in [7, 11) is 0. The number of esters is 1. The molecule has 2 aliphatic rings. The van der Waals surface area contributed by atoms with Crippen LogP contribution in [-0.4, -0.2) is 61.1 Å². The molecule has 0 saturated carbocycles. The average Bonchev–Trinajstić information content (AvgIpc) is 2.81. The van der Waals surface area contributed by atoms with Crippen molar-refractivity contribution in [1.82, 2.24) is 20.4 Å². The van der Waals surface area contributed by atoms with Crippen molar-refractivity contribution in [3.8, 4) is 0 Å². The van der Waals surface area contributed by atoms with Crippen LogP contribution < -0.4 is 10.6 Å². The van der Waals surface area contributed by atoms with Crippen molar-refractivity contribution in [2.45, 2.75) is 19.5 Å². The van der Waals surface area contributed by atoms with E-state index in [2.05, 4.69) is 44.7 Å². The van der Waals surface area contributed by atoms with Crippen molar-refractivity contribution in [2.24, 2.45) is 0 Å². The van der Waals surface area contributed by atoms with E-state index in [9.17, 15) is 9.59 Å². The minimum Gasteiger partial charge on any atom is -0.463 e. The lowest BCUT2D eigenvalue weighted by atomic mass is 9.95. The Morgan fingerprint density at radius 3 is 2.16 bits per heavy atom. The molecular weight excluding hydrogens is 404 g/mol. The van der Waals surface area contributed by atoms with E-state index >= 15 is 0 Å². The second-order valence-corrected chi connectivity index (χ2v) is 8.09. The van der Waals surface area contributed by atoms with E-state index < -0.39 is 12.0 Å². The van der Waals surface area contributed by atoms with E-state index in [0.29, 0.717) is 17.8 Å². The van der Waals surface area contributed by atoms with E-state index in [1.807, 2.05) is 36.4 Å². The Labute approximate surface area is 189 Å². The third-order valence-corrected chi connectivity index (χ3v) is 5.88. The summed E-state index contributed by atoms with van der Waals surface area (Å²) >= 11 is 0. The molecule has 0 aromatic heterocycles. The van der Waals surface area contributed by atoms with Gasteiger partial charge in [-0.3, -0.25) is 9.80 Å². The van der Waals surface area contributed by atoms with Crippen LogP contribution >= 0.6 is 0 Å². The van der Waals surface area contributed by atoms with Gasteiger partial charge in [0, 0.05) is 45.0 Å². The predicted molar refractivity (Wildman–Crippen MR) is 123 cm³/mol. The van der Waals surface area contributed by atoms with Gasteiger partial charge in [0.05, 0.1) is 18.2 Å². The summed E-state index contributed by atoms with van der Waals surface area (Å²) < 4.78 is 5.36. The molecule has 2 aromatic carbocycles. The molecule has 1 saturated heterocycles. The minimum atomic E-state index is -0.529. The molecule has 0 unspecified atom stereocenters. The highest BCUT2D eigenvalue weighted by Gasteiger charge is 2.34. The molecule has 2 N–H and O–H groups in total. The van der Waals surface area contributed by atoms with Crippen LogP contribution in [0.2, 0.25) is 0 Å². The number of ether oxygens (including phenoxy) is 1. The first-order valence-electron chi connectivity index (χ1n) is 11.2. The Morgan fingerprint density at radius 1 is 0.938 bits per heavy atom. The Morgan fingerprint density at radius 2 is 1.53 bits per heavy atom. The molecule has 2 heterocycles. The third kappa shape index (κ3) is 5.36. The molecule has 0 spiro atoms. The first kappa shape index (κ1) is 22.0. The van der Waals surface area contributed by atoms with Gasteiger partial charge in [0.25, 0.3) is 0 Å². The molecule has 7 heteroatoms. The average molecular weight is 435 g/mol. The van der Waals surface area contributed by atoms with Crippen molar-refractivity contribution in [3.05, 3.63) is 83.1 Å². The van der Waals surface area contributed by atoms with Crippen molar-refractivity contribution >= 4 is 12.0 Å². The summed E-state index contributed by atoms with van der Waals surface area (Å²) in [5.74, 6) is -0.397. The van der Waals surface area contributed by atoms with Crippen LogP contribution in [0.1, 0.15) is 24.1 Å². The summed E-state index contributed by atoms with van der Waals surface area (Å²) in [6.07, 6.45) is 0. The summed E-state index contributed by atoms with van der Waals surface area (Å²) in [6, 6.07) is 19.2. The van der Waals surface area contributed by atoms with E-state index in [1.54, 1.807) is 6.92 Å². The molecule has 2 aromatic rings. The lowest BCUT2D eigenvalue weighted by Crippen LogP contribution is -2.51. The number of carbonyl (C=O) groups excluding carboxylic acids is 2. The quantitative estimate of drug-likeness (QED) is 0.656. The highest BCUT2D eigenvalue weighted by Crippen LogP contribution is 2.28. The van der Waals surface area contributed by atoms with E-state index in [0.717, 1.165) is 38.3 Å². The number of urea groups is 1. The van der Waals surface area contributed by atoms with Gasteiger partial charge in [-0.15, -0.1) is 0 Å². The number of nitrogens with one attached hydrogen (secondary N) is 2. The highest BCUT2D eigenvalue weighted by atomic mass is 16.5. The maximum Gasteiger partial charge on any atom is 0.338 e. The fraction of sp³-hybridized carbons (Fsp3) is 0.360. The Bertz CT molecular complexity index is 954. The van der Waals surface area contributed by atoms with Gasteiger partial charge in [0.1, 0.15) is 0 Å². The molecule has 7 nitrogen and oxygen atoms in total. The van der Waals surface area contributed by atoms with Crippen LogP contribution in [0.4, 0.5) is 4.79 Å². The number of hydrogen-bond acceptors (Lipinski definition) is 5. The standard InChI is InChI=1S/C25H30N4O3/c1-2-32-24(30)22-21(26-25(31)27-23(22)20-11-7-4-8-12-20)18-29-15-13-28(14-16-29)17-19-9-5-3-6-10-19/h3-12,23H,2,13-18H2,1H3,(H2,26,27,31)/t23-/m1/s1. The fourth-order valence-electron chi connectivity index (χ4n) is 4.26. The fourth-order valence-corrected chi connectivity index (χ4v) is 4.26. The number of benzene rings is 2. The smallest absolute Gasteiger partial charge is 0.338 e. The number of amides is 2. The number of nitrogens with zero attached hydrogens (tertiary/aromatic N) is 2. The van der Waals surface area contributed by atoms with Gasteiger partial charge in [0.15, 0.2) is 0 Å². The zero-order valence-electron chi connectivity index (χ0n) is 18.4. The molecule has 0 aliphatic carbocycles. The van der Waals surface area contributed by atoms with E-state index in [1.165, 1.54) is 5.56 Å². The van der Waals surface area contributed by atoms with Crippen molar-refractivity contribution in [1.29, 1.82) is 0 Å². The lowest BCUT2D eigenvalue weighted by Gasteiger charge is -2.37. The Kier molecular flexibility index (Phi) is 7.19. The molecule has 168 valence electrons. The normalized spacial score (nSPS) is 19.9. The van der Waals surface area contributed by atoms with Crippen molar-refractivity contribution in [2.75, 3.05) is 39.3 Å². The number of rotatable bonds is 7. The third-order valence-electron chi connectivity index (χ3n) is 5.88. The molecule has 4 rings (SSSR count). The van der Waals surface area contributed by atoms with Gasteiger partial charge in [-0.1, -0.05) is 60.7 Å². The molecule has 2 aliphatic heterocycles. The van der Waals surface area contributed by atoms with Crippen molar-refractivity contribution in [3.63, 3.8) is 0 Å². The van der Waals surface area contributed by atoms with Crippen LogP contribution in [0.25, 0.3) is 0 Å². The summed E-state index contributed by atoms with van der Waals surface area (Å²) in [4.78, 5) is 30.1. The summed E-state index contributed by atoms with van der Waals surface area (Å²) in [6.45, 7) is 7.11. The largest absolute Gasteiger partial charge is 0.463 e. The summed E-state index contributed by atoms with van der Waals surface area (Å²) in [5, 5.41) is 5.77. The molecule has 1 atom stereocenters. The molecule has 32 heavy (non-hydrogen) atoms. The molecule has 0 bridgehead atoms. The van der Waals surface area contributed by atoms with Crippen LogP contribution in [0.5, 0.6) is 0 Å². The second kappa shape index (κ2) is 10.4. The van der Waals surface area contributed by atoms with Crippen LogP contribution in [-0.2, 0) is 16.1 Å². The molecule has 1 fully saturated rings.